The van der Waals surface area contributed by atoms with E-state index in [-0.39, 0.29) is 11.7 Å². The molecule has 0 unspecified atom stereocenters. The summed E-state index contributed by atoms with van der Waals surface area (Å²) in [7, 11) is 0. The summed E-state index contributed by atoms with van der Waals surface area (Å²) in [5.41, 5.74) is 2.69. The predicted octanol–water partition coefficient (Wildman–Crippen LogP) is 2.84. The minimum absolute atomic E-state index is 0.00264. The Morgan fingerprint density at radius 2 is 1.79 bits per heavy atom. The monoisotopic (exact) mass is 254 g/mol. The van der Waals surface area contributed by atoms with Gasteiger partial charge in [0.25, 0.3) is 5.91 Å². The van der Waals surface area contributed by atoms with Crippen molar-refractivity contribution in [3.63, 3.8) is 0 Å². The highest BCUT2D eigenvalue weighted by atomic mass is 16.1. The first-order chi connectivity index (χ1) is 9.08. The normalized spacial score (nSPS) is 10.0. The van der Waals surface area contributed by atoms with Crippen LogP contribution in [0.25, 0.3) is 0 Å². The smallest absolute Gasteiger partial charge is 0.256 e. The van der Waals surface area contributed by atoms with Gasteiger partial charge in [-0.2, -0.15) is 0 Å². The van der Waals surface area contributed by atoms with Crippen molar-refractivity contribution < 1.29 is 9.59 Å². The molecule has 1 aromatic heterocycles. The number of Topliss-reactive ketones (excluding diaryl/α,β-unsaturated/α-hetero) is 1. The van der Waals surface area contributed by atoms with Gasteiger partial charge in [-0.05, 0) is 49.7 Å². The summed E-state index contributed by atoms with van der Waals surface area (Å²) in [5, 5.41) is 2.79. The molecule has 0 saturated carbocycles. The summed E-state index contributed by atoms with van der Waals surface area (Å²) in [4.78, 5) is 27.1. The zero-order valence-corrected chi connectivity index (χ0v) is 10.8. The van der Waals surface area contributed by atoms with Crippen LogP contribution in [0.4, 0.5) is 5.69 Å². The molecule has 0 aliphatic carbocycles. The summed E-state index contributed by atoms with van der Waals surface area (Å²) in [5.74, 6) is -0.182. The molecule has 2 aromatic rings. The van der Waals surface area contributed by atoms with E-state index in [1.807, 2.05) is 6.92 Å². The lowest BCUT2D eigenvalue weighted by atomic mass is 10.1. The number of anilines is 1. The molecule has 0 saturated heterocycles. The van der Waals surface area contributed by atoms with Crippen molar-refractivity contribution in [2.75, 3.05) is 5.32 Å². The Kier molecular flexibility index (Phi) is 3.71. The summed E-state index contributed by atoms with van der Waals surface area (Å²) in [6.45, 7) is 3.34. The SMILES string of the molecule is CC(=O)c1ccc(NC(=O)c2ccncc2C)cc1. The fraction of sp³-hybridized carbons (Fsp3) is 0.133. The number of rotatable bonds is 3. The van der Waals surface area contributed by atoms with Gasteiger partial charge in [-0.3, -0.25) is 14.6 Å². The predicted molar refractivity (Wildman–Crippen MR) is 73.4 cm³/mol. The van der Waals surface area contributed by atoms with E-state index >= 15 is 0 Å². The molecule has 2 rings (SSSR count). The molecule has 1 N–H and O–H groups in total. The van der Waals surface area contributed by atoms with Gasteiger partial charge in [-0.15, -0.1) is 0 Å². The molecule has 0 fully saturated rings. The van der Waals surface area contributed by atoms with Gasteiger partial charge >= 0.3 is 0 Å². The van der Waals surface area contributed by atoms with Gasteiger partial charge in [0.1, 0.15) is 0 Å². The second-order valence-electron chi connectivity index (χ2n) is 4.28. The van der Waals surface area contributed by atoms with Gasteiger partial charge in [0.05, 0.1) is 0 Å². The van der Waals surface area contributed by atoms with E-state index in [2.05, 4.69) is 10.3 Å². The molecular weight excluding hydrogens is 240 g/mol. The number of hydrogen-bond donors (Lipinski definition) is 1. The second kappa shape index (κ2) is 5.44. The molecule has 4 heteroatoms. The number of ketones is 1. The minimum Gasteiger partial charge on any atom is -0.322 e. The lowest BCUT2D eigenvalue weighted by Gasteiger charge is -2.07. The first-order valence-corrected chi connectivity index (χ1v) is 5.91. The molecule has 19 heavy (non-hydrogen) atoms. The highest BCUT2D eigenvalue weighted by Crippen LogP contribution is 2.13. The molecule has 0 aliphatic heterocycles. The van der Waals surface area contributed by atoms with E-state index in [0.717, 1.165) is 5.56 Å². The molecular formula is C15H14N2O2. The quantitative estimate of drug-likeness (QED) is 0.857. The summed E-state index contributed by atoms with van der Waals surface area (Å²) < 4.78 is 0. The van der Waals surface area contributed by atoms with Crippen LogP contribution in [0, 0.1) is 6.92 Å². The topological polar surface area (TPSA) is 59.1 Å². The Labute approximate surface area is 111 Å². The molecule has 1 heterocycles. The van der Waals surface area contributed by atoms with Crippen LogP contribution in [-0.2, 0) is 0 Å². The third-order valence-electron chi connectivity index (χ3n) is 2.81. The molecule has 1 aromatic carbocycles. The van der Waals surface area contributed by atoms with Crippen molar-refractivity contribution >= 4 is 17.4 Å². The number of hydrogen-bond acceptors (Lipinski definition) is 3. The van der Waals surface area contributed by atoms with Crippen molar-refractivity contribution in [1.82, 2.24) is 4.98 Å². The minimum atomic E-state index is -0.185. The van der Waals surface area contributed by atoms with E-state index in [1.165, 1.54) is 6.92 Å². The van der Waals surface area contributed by atoms with Crippen LogP contribution in [0.2, 0.25) is 0 Å². The van der Waals surface area contributed by atoms with E-state index < -0.39 is 0 Å². The number of aromatic nitrogens is 1. The van der Waals surface area contributed by atoms with Gasteiger partial charge < -0.3 is 5.32 Å². The van der Waals surface area contributed by atoms with E-state index in [0.29, 0.717) is 16.8 Å². The maximum Gasteiger partial charge on any atom is 0.256 e. The maximum atomic E-state index is 12.0. The number of benzene rings is 1. The Morgan fingerprint density at radius 1 is 1.11 bits per heavy atom. The number of amides is 1. The van der Waals surface area contributed by atoms with Crippen LogP contribution < -0.4 is 5.32 Å². The summed E-state index contributed by atoms with van der Waals surface area (Å²) in [6.07, 6.45) is 3.23. The van der Waals surface area contributed by atoms with Crippen LogP contribution in [0.3, 0.4) is 0 Å². The van der Waals surface area contributed by atoms with Gasteiger partial charge in [0, 0.05) is 29.2 Å². The van der Waals surface area contributed by atoms with Gasteiger partial charge in [-0.1, -0.05) is 0 Å². The van der Waals surface area contributed by atoms with Crippen LogP contribution in [0.5, 0.6) is 0 Å². The Hall–Kier alpha value is -2.49. The van der Waals surface area contributed by atoms with Crippen LogP contribution in [-0.4, -0.2) is 16.7 Å². The van der Waals surface area contributed by atoms with Crippen molar-refractivity contribution in [2.45, 2.75) is 13.8 Å². The third-order valence-corrected chi connectivity index (χ3v) is 2.81. The molecule has 0 bridgehead atoms. The Morgan fingerprint density at radius 3 is 2.37 bits per heavy atom. The zero-order chi connectivity index (χ0) is 13.8. The zero-order valence-electron chi connectivity index (χ0n) is 10.8. The Balaban J connectivity index is 2.15. The number of pyridine rings is 1. The van der Waals surface area contributed by atoms with Gasteiger partial charge in [0.2, 0.25) is 0 Å². The first-order valence-electron chi connectivity index (χ1n) is 5.91. The largest absolute Gasteiger partial charge is 0.322 e. The van der Waals surface area contributed by atoms with Crippen molar-refractivity contribution in [2.24, 2.45) is 0 Å². The number of aryl methyl sites for hydroxylation is 1. The number of nitrogens with one attached hydrogen (secondary N) is 1. The lowest BCUT2D eigenvalue weighted by molar-refractivity contribution is 0.101. The lowest BCUT2D eigenvalue weighted by Crippen LogP contribution is -2.13. The maximum absolute atomic E-state index is 12.0. The highest BCUT2D eigenvalue weighted by Gasteiger charge is 2.09. The van der Waals surface area contributed by atoms with Gasteiger partial charge in [0.15, 0.2) is 5.78 Å². The summed E-state index contributed by atoms with van der Waals surface area (Å²) in [6, 6.07) is 8.49. The number of nitrogens with zero attached hydrogens (tertiary/aromatic N) is 1. The van der Waals surface area contributed by atoms with Crippen molar-refractivity contribution in [3.8, 4) is 0 Å². The standard InChI is InChI=1S/C15H14N2O2/c1-10-9-16-8-7-14(10)15(19)17-13-5-3-12(4-6-13)11(2)18/h3-9H,1-2H3,(H,17,19). The first kappa shape index (κ1) is 13.0. The van der Waals surface area contributed by atoms with Crippen LogP contribution in [0.15, 0.2) is 42.7 Å². The highest BCUT2D eigenvalue weighted by molar-refractivity contribution is 6.05. The Bertz CT molecular complexity index is 618. The van der Waals surface area contributed by atoms with E-state index in [4.69, 9.17) is 0 Å². The molecule has 1 amide bonds. The van der Waals surface area contributed by atoms with E-state index in [9.17, 15) is 9.59 Å². The molecule has 0 spiro atoms. The van der Waals surface area contributed by atoms with Crippen molar-refractivity contribution in [1.29, 1.82) is 0 Å². The fourth-order valence-corrected chi connectivity index (χ4v) is 1.71. The molecule has 0 atom stereocenters. The molecule has 96 valence electrons. The van der Waals surface area contributed by atoms with E-state index in [1.54, 1.807) is 42.7 Å². The average Bonchev–Trinajstić information content (AvgIpc) is 2.39. The molecule has 0 aliphatic rings. The second-order valence-corrected chi connectivity index (χ2v) is 4.28. The van der Waals surface area contributed by atoms with Gasteiger partial charge in [-0.25, -0.2) is 0 Å². The summed E-state index contributed by atoms with van der Waals surface area (Å²) >= 11 is 0. The molecule has 4 nitrogen and oxygen atoms in total. The number of carbonyl (C=O) groups excluding carboxylic acids is 2. The fourth-order valence-electron chi connectivity index (χ4n) is 1.71. The number of carbonyl (C=O) groups is 2. The van der Waals surface area contributed by atoms with Crippen LogP contribution >= 0.6 is 0 Å². The molecule has 0 radical (unpaired) electrons. The average molecular weight is 254 g/mol. The van der Waals surface area contributed by atoms with Crippen LogP contribution in [0.1, 0.15) is 33.2 Å². The third kappa shape index (κ3) is 3.04. The van der Waals surface area contributed by atoms with Crippen molar-refractivity contribution in [3.05, 3.63) is 59.4 Å².